The topological polar surface area (TPSA) is 40.5 Å². The van der Waals surface area contributed by atoms with Gasteiger partial charge in [0.15, 0.2) is 0 Å². The molecule has 1 N–H and O–H groups in total. The highest BCUT2D eigenvalue weighted by molar-refractivity contribution is 9.11. The molecular weight excluding hydrogens is 314 g/mol. The Labute approximate surface area is 118 Å². The van der Waals surface area contributed by atoms with Gasteiger partial charge in [0.05, 0.1) is 9.35 Å². The number of thiophene rings is 1. The monoisotopic (exact) mass is 325 g/mol. The number of phenolic OH excluding ortho intramolecular Hbond substituents is 1. The molecule has 0 saturated carbocycles. The van der Waals surface area contributed by atoms with Crippen LogP contribution in [0.1, 0.15) is 17.3 Å². The molecule has 0 spiro atoms. The maximum atomic E-state index is 12.3. The molecule has 2 aromatic rings. The number of aromatic hydroxyl groups is 1. The molecule has 0 radical (unpaired) electrons. The Kier molecular flexibility index (Phi) is 4.04. The third kappa shape index (κ3) is 2.73. The third-order valence-corrected chi connectivity index (χ3v) is 4.02. The van der Waals surface area contributed by atoms with Crippen molar-refractivity contribution < 1.29 is 9.90 Å². The van der Waals surface area contributed by atoms with Gasteiger partial charge in [0.25, 0.3) is 5.91 Å². The van der Waals surface area contributed by atoms with E-state index in [1.807, 2.05) is 18.4 Å². The number of anilines is 1. The summed E-state index contributed by atoms with van der Waals surface area (Å²) in [5.41, 5.74) is 1.35. The van der Waals surface area contributed by atoms with Gasteiger partial charge in [-0.05, 0) is 41.1 Å². The number of halogens is 1. The first-order valence-electron chi connectivity index (χ1n) is 5.46. The molecule has 0 aliphatic heterocycles. The summed E-state index contributed by atoms with van der Waals surface area (Å²) in [6.07, 6.45) is 0. The van der Waals surface area contributed by atoms with Crippen molar-refractivity contribution in [2.24, 2.45) is 0 Å². The molecule has 0 fully saturated rings. The number of phenols is 1. The summed E-state index contributed by atoms with van der Waals surface area (Å²) in [5.74, 6) is 0.0929. The van der Waals surface area contributed by atoms with Crippen LogP contribution in [0.2, 0.25) is 0 Å². The van der Waals surface area contributed by atoms with Crippen LogP contribution in [0.25, 0.3) is 0 Å². The molecule has 0 bridgehead atoms. The molecule has 0 atom stereocenters. The van der Waals surface area contributed by atoms with Gasteiger partial charge in [-0.25, -0.2) is 0 Å². The van der Waals surface area contributed by atoms with Crippen molar-refractivity contribution in [3.8, 4) is 5.75 Å². The lowest BCUT2D eigenvalue weighted by atomic mass is 10.2. The van der Waals surface area contributed by atoms with Gasteiger partial charge in [-0.15, -0.1) is 11.3 Å². The van der Waals surface area contributed by atoms with Crippen molar-refractivity contribution in [3.63, 3.8) is 0 Å². The fourth-order valence-electron chi connectivity index (χ4n) is 1.68. The van der Waals surface area contributed by atoms with Gasteiger partial charge in [0, 0.05) is 23.7 Å². The quantitative estimate of drug-likeness (QED) is 0.930. The zero-order valence-corrected chi connectivity index (χ0v) is 12.2. The summed E-state index contributed by atoms with van der Waals surface area (Å²) < 4.78 is 0.929. The van der Waals surface area contributed by atoms with Gasteiger partial charge in [-0.1, -0.05) is 6.07 Å². The van der Waals surface area contributed by atoms with E-state index in [4.69, 9.17) is 0 Å². The van der Waals surface area contributed by atoms with E-state index in [9.17, 15) is 9.90 Å². The van der Waals surface area contributed by atoms with Gasteiger partial charge in [0.2, 0.25) is 0 Å². The standard InChI is InChI=1S/C13H12BrNO2S/c1-2-15(10-4-3-5-11(16)7-10)13(17)9-6-12(14)18-8-9/h3-8,16H,2H2,1H3. The van der Waals surface area contributed by atoms with Crippen molar-refractivity contribution in [1.29, 1.82) is 0 Å². The SMILES string of the molecule is CCN(C(=O)c1csc(Br)c1)c1cccc(O)c1. The lowest BCUT2D eigenvalue weighted by molar-refractivity contribution is 0.0988. The van der Waals surface area contributed by atoms with Crippen LogP contribution in [0.3, 0.4) is 0 Å². The Hall–Kier alpha value is -1.33. The van der Waals surface area contributed by atoms with Crippen LogP contribution in [0.4, 0.5) is 5.69 Å². The minimum Gasteiger partial charge on any atom is -0.508 e. The summed E-state index contributed by atoms with van der Waals surface area (Å²) in [5, 5.41) is 11.3. The maximum Gasteiger partial charge on any atom is 0.259 e. The summed E-state index contributed by atoms with van der Waals surface area (Å²) in [7, 11) is 0. The predicted octanol–water partition coefficient (Wildman–Crippen LogP) is 3.88. The fraction of sp³-hybridized carbons (Fsp3) is 0.154. The molecule has 0 unspecified atom stereocenters. The number of carbonyl (C=O) groups excluding carboxylic acids is 1. The number of hydrogen-bond donors (Lipinski definition) is 1. The van der Waals surface area contributed by atoms with Crippen LogP contribution in [0, 0.1) is 0 Å². The van der Waals surface area contributed by atoms with Gasteiger partial charge in [0.1, 0.15) is 5.75 Å². The average molecular weight is 326 g/mol. The van der Waals surface area contributed by atoms with Gasteiger partial charge >= 0.3 is 0 Å². The van der Waals surface area contributed by atoms with Gasteiger partial charge < -0.3 is 10.0 Å². The van der Waals surface area contributed by atoms with E-state index in [1.54, 1.807) is 29.2 Å². The molecule has 0 aliphatic carbocycles. The molecule has 3 nitrogen and oxygen atoms in total. The molecule has 1 aromatic heterocycles. The van der Waals surface area contributed by atoms with Crippen LogP contribution in [0.15, 0.2) is 39.5 Å². The molecule has 0 saturated heterocycles. The molecule has 2 rings (SSSR count). The van der Waals surface area contributed by atoms with Crippen molar-refractivity contribution in [1.82, 2.24) is 0 Å². The fourth-order valence-corrected chi connectivity index (χ4v) is 2.81. The maximum absolute atomic E-state index is 12.3. The number of benzene rings is 1. The van der Waals surface area contributed by atoms with E-state index in [0.717, 1.165) is 3.79 Å². The summed E-state index contributed by atoms with van der Waals surface area (Å²) in [6, 6.07) is 8.51. The highest BCUT2D eigenvalue weighted by Gasteiger charge is 2.17. The zero-order valence-electron chi connectivity index (χ0n) is 9.76. The van der Waals surface area contributed by atoms with Gasteiger partial charge in [-0.2, -0.15) is 0 Å². The zero-order chi connectivity index (χ0) is 13.1. The molecule has 18 heavy (non-hydrogen) atoms. The average Bonchev–Trinajstić information content (AvgIpc) is 2.77. The second-order valence-electron chi connectivity index (χ2n) is 3.71. The lowest BCUT2D eigenvalue weighted by Gasteiger charge is -2.20. The summed E-state index contributed by atoms with van der Waals surface area (Å²) >= 11 is 4.83. The second kappa shape index (κ2) is 5.54. The molecule has 1 heterocycles. The molecular formula is C13H12BrNO2S. The van der Waals surface area contributed by atoms with Crippen molar-refractivity contribution >= 4 is 38.9 Å². The van der Waals surface area contributed by atoms with Crippen molar-refractivity contribution in [2.75, 3.05) is 11.4 Å². The van der Waals surface area contributed by atoms with E-state index < -0.39 is 0 Å². The summed E-state index contributed by atoms with van der Waals surface area (Å²) in [6.45, 7) is 2.46. The molecule has 1 aromatic carbocycles. The molecule has 1 amide bonds. The van der Waals surface area contributed by atoms with E-state index in [-0.39, 0.29) is 11.7 Å². The third-order valence-electron chi connectivity index (χ3n) is 2.52. The van der Waals surface area contributed by atoms with Crippen molar-refractivity contribution in [2.45, 2.75) is 6.92 Å². The summed E-state index contributed by atoms with van der Waals surface area (Å²) in [4.78, 5) is 14.0. The number of rotatable bonds is 3. The van der Waals surface area contributed by atoms with Crippen LogP contribution in [0.5, 0.6) is 5.75 Å². The predicted molar refractivity (Wildman–Crippen MR) is 77.5 cm³/mol. The lowest BCUT2D eigenvalue weighted by Crippen LogP contribution is -2.30. The van der Waals surface area contributed by atoms with E-state index in [1.165, 1.54) is 11.3 Å². The van der Waals surface area contributed by atoms with E-state index >= 15 is 0 Å². The molecule has 5 heteroatoms. The smallest absolute Gasteiger partial charge is 0.259 e. The Morgan fingerprint density at radius 1 is 1.44 bits per heavy atom. The largest absolute Gasteiger partial charge is 0.508 e. The molecule has 0 aliphatic rings. The number of nitrogens with zero attached hydrogens (tertiary/aromatic N) is 1. The van der Waals surface area contributed by atoms with E-state index in [2.05, 4.69) is 15.9 Å². The highest BCUT2D eigenvalue weighted by atomic mass is 79.9. The highest BCUT2D eigenvalue weighted by Crippen LogP contribution is 2.25. The minimum absolute atomic E-state index is 0.0648. The first-order valence-corrected chi connectivity index (χ1v) is 7.14. The first kappa shape index (κ1) is 13.1. The minimum atomic E-state index is -0.0648. The van der Waals surface area contributed by atoms with Gasteiger partial charge in [-0.3, -0.25) is 4.79 Å². The number of amides is 1. The first-order chi connectivity index (χ1) is 8.61. The van der Waals surface area contributed by atoms with Crippen molar-refractivity contribution in [3.05, 3.63) is 45.1 Å². The second-order valence-corrected chi connectivity index (χ2v) is 6.00. The van der Waals surface area contributed by atoms with Crippen LogP contribution in [-0.2, 0) is 0 Å². The molecule has 94 valence electrons. The number of hydrogen-bond acceptors (Lipinski definition) is 3. The Balaban J connectivity index is 2.31. The Morgan fingerprint density at radius 2 is 2.22 bits per heavy atom. The Bertz CT molecular complexity index is 568. The Morgan fingerprint density at radius 3 is 2.78 bits per heavy atom. The normalized spacial score (nSPS) is 10.3. The number of carbonyl (C=O) groups is 1. The van der Waals surface area contributed by atoms with Crippen LogP contribution in [-0.4, -0.2) is 17.6 Å². The van der Waals surface area contributed by atoms with Crippen LogP contribution >= 0.6 is 27.3 Å². The van der Waals surface area contributed by atoms with E-state index in [0.29, 0.717) is 17.8 Å². The van der Waals surface area contributed by atoms with Crippen LogP contribution < -0.4 is 4.90 Å².